The van der Waals surface area contributed by atoms with E-state index in [0.29, 0.717) is 11.7 Å². The fraction of sp³-hybridized carbons (Fsp3) is 0.167. The molecule has 0 radical (unpaired) electrons. The molecule has 0 aromatic carbocycles. The highest BCUT2D eigenvalue weighted by Crippen LogP contribution is 2.29. The number of rotatable bonds is 1. The maximum atomic E-state index is 5.51. The van der Waals surface area contributed by atoms with E-state index in [1.54, 1.807) is 13.2 Å². The van der Waals surface area contributed by atoms with Gasteiger partial charge in [-0.15, -0.1) is 0 Å². The lowest BCUT2D eigenvalue weighted by Crippen LogP contribution is -1.95. The van der Waals surface area contributed by atoms with E-state index in [0.717, 1.165) is 8.95 Å². The first-order chi connectivity index (χ1) is 5.15. The van der Waals surface area contributed by atoms with Crippen molar-refractivity contribution in [2.45, 2.75) is 0 Å². The average Bonchev–Trinajstić information content (AvgIpc) is 1.97. The maximum Gasteiger partial charge on any atom is 0.229 e. The van der Waals surface area contributed by atoms with Crippen molar-refractivity contribution >= 4 is 37.7 Å². The second kappa shape index (κ2) is 3.40. The summed E-state index contributed by atoms with van der Waals surface area (Å²) in [5.74, 6) is 0.913. The topological polar surface area (TPSA) is 48.1 Å². The molecule has 0 saturated heterocycles. The summed E-state index contributed by atoms with van der Waals surface area (Å²) in [4.78, 5) is 3.95. The van der Waals surface area contributed by atoms with Gasteiger partial charge in [0.25, 0.3) is 0 Å². The Kier molecular flexibility index (Phi) is 2.72. The summed E-state index contributed by atoms with van der Waals surface area (Å²) in [7, 11) is 1.54. The van der Waals surface area contributed by atoms with Crippen LogP contribution in [-0.4, -0.2) is 12.1 Å². The predicted molar refractivity (Wildman–Crippen MR) is 50.6 cm³/mol. The lowest BCUT2D eigenvalue weighted by atomic mass is 10.4. The van der Waals surface area contributed by atoms with Gasteiger partial charge in [-0.05, 0) is 37.9 Å². The molecule has 0 fully saturated rings. The van der Waals surface area contributed by atoms with Gasteiger partial charge in [-0.1, -0.05) is 0 Å². The van der Waals surface area contributed by atoms with Gasteiger partial charge in [-0.2, -0.15) is 4.98 Å². The summed E-state index contributed by atoms with van der Waals surface area (Å²) in [6.45, 7) is 0. The molecule has 1 aromatic heterocycles. The zero-order chi connectivity index (χ0) is 8.43. The van der Waals surface area contributed by atoms with E-state index in [9.17, 15) is 0 Å². The Morgan fingerprint density at radius 1 is 1.45 bits per heavy atom. The van der Waals surface area contributed by atoms with E-state index < -0.39 is 0 Å². The summed E-state index contributed by atoms with van der Waals surface area (Å²) < 4.78 is 6.46. The first-order valence-electron chi connectivity index (χ1n) is 2.80. The van der Waals surface area contributed by atoms with E-state index >= 15 is 0 Å². The van der Waals surface area contributed by atoms with Gasteiger partial charge in [0.2, 0.25) is 5.88 Å². The minimum Gasteiger partial charge on any atom is -0.480 e. The fourth-order valence-electron chi connectivity index (χ4n) is 0.606. The molecule has 0 aliphatic heterocycles. The predicted octanol–water partition coefficient (Wildman–Crippen LogP) is 2.20. The number of hydrogen-bond donors (Lipinski definition) is 1. The van der Waals surface area contributed by atoms with Crippen molar-refractivity contribution in [3.63, 3.8) is 0 Å². The Hall–Kier alpha value is -0.290. The molecule has 0 aliphatic carbocycles. The van der Waals surface area contributed by atoms with Gasteiger partial charge < -0.3 is 10.5 Å². The summed E-state index contributed by atoms with van der Waals surface area (Å²) in [6, 6.07) is 1.79. The van der Waals surface area contributed by atoms with Crippen molar-refractivity contribution in [3.8, 4) is 5.88 Å². The fourth-order valence-corrected chi connectivity index (χ4v) is 1.71. The zero-order valence-electron chi connectivity index (χ0n) is 5.77. The third-order valence-corrected chi connectivity index (χ3v) is 2.32. The van der Waals surface area contributed by atoms with Crippen LogP contribution in [0.2, 0.25) is 0 Å². The summed E-state index contributed by atoms with van der Waals surface area (Å²) >= 11 is 6.50. The van der Waals surface area contributed by atoms with Crippen molar-refractivity contribution in [3.05, 3.63) is 15.0 Å². The smallest absolute Gasteiger partial charge is 0.229 e. The van der Waals surface area contributed by atoms with Crippen molar-refractivity contribution in [2.75, 3.05) is 12.8 Å². The van der Waals surface area contributed by atoms with E-state index in [2.05, 4.69) is 36.8 Å². The lowest BCUT2D eigenvalue weighted by Gasteiger charge is -2.03. The van der Waals surface area contributed by atoms with Crippen LogP contribution in [0.25, 0.3) is 0 Å². The van der Waals surface area contributed by atoms with Gasteiger partial charge in [-0.3, -0.25) is 0 Å². The molecule has 3 nitrogen and oxygen atoms in total. The van der Waals surface area contributed by atoms with Gasteiger partial charge in [0.05, 0.1) is 16.1 Å². The minimum absolute atomic E-state index is 0.421. The van der Waals surface area contributed by atoms with Crippen LogP contribution in [0.4, 0.5) is 5.82 Å². The van der Waals surface area contributed by atoms with Crippen molar-refractivity contribution < 1.29 is 4.74 Å². The molecule has 60 valence electrons. The molecule has 1 heterocycles. The molecule has 2 N–H and O–H groups in total. The molecule has 0 atom stereocenters. The second-order valence-corrected chi connectivity index (χ2v) is 3.56. The normalized spacial score (nSPS) is 9.73. The first kappa shape index (κ1) is 8.80. The highest BCUT2D eigenvalue weighted by molar-refractivity contribution is 9.11. The van der Waals surface area contributed by atoms with Crippen molar-refractivity contribution in [2.24, 2.45) is 0 Å². The Balaban J connectivity index is 3.21. The zero-order valence-corrected chi connectivity index (χ0v) is 8.94. The Labute approximate surface area is 81.2 Å². The van der Waals surface area contributed by atoms with Gasteiger partial charge >= 0.3 is 0 Å². The number of nitrogens with two attached hydrogens (primary N) is 1. The molecule has 0 unspecified atom stereocenters. The number of nitrogen functional groups attached to an aromatic ring is 1. The van der Waals surface area contributed by atoms with Crippen LogP contribution in [-0.2, 0) is 0 Å². The van der Waals surface area contributed by atoms with Crippen LogP contribution in [0.1, 0.15) is 0 Å². The van der Waals surface area contributed by atoms with Crippen LogP contribution >= 0.6 is 31.9 Å². The number of pyridine rings is 1. The quantitative estimate of drug-likeness (QED) is 0.859. The molecule has 0 aliphatic rings. The molecule has 0 bridgehead atoms. The van der Waals surface area contributed by atoms with Crippen LogP contribution in [0.3, 0.4) is 0 Å². The first-order valence-corrected chi connectivity index (χ1v) is 4.39. The molecule has 1 rings (SSSR count). The highest BCUT2D eigenvalue weighted by Gasteiger charge is 2.05. The standard InChI is InChI=1S/C6H6Br2N2O/c1-11-6-4(8)2-3(7)5(9)10-6/h2H,1H3,(H2,9,10). The Morgan fingerprint density at radius 3 is 2.64 bits per heavy atom. The summed E-state index contributed by atoms with van der Waals surface area (Å²) in [5, 5.41) is 0. The molecule has 0 amide bonds. The van der Waals surface area contributed by atoms with Gasteiger partial charge in [0.15, 0.2) is 0 Å². The average molecular weight is 282 g/mol. The number of aromatic nitrogens is 1. The highest BCUT2D eigenvalue weighted by atomic mass is 79.9. The molecular formula is C6H6Br2N2O. The van der Waals surface area contributed by atoms with Gasteiger partial charge in [0.1, 0.15) is 5.82 Å². The van der Waals surface area contributed by atoms with Crippen LogP contribution in [0.5, 0.6) is 5.88 Å². The molecule has 0 spiro atoms. The number of anilines is 1. The van der Waals surface area contributed by atoms with Crippen LogP contribution in [0.15, 0.2) is 15.0 Å². The minimum atomic E-state index is 0.421. The van der Waals surface area contributed by atoms with E-state index in [4.69, 9.17) is 10.5 Å². The summed E-state index contributed by atoms with van der Waals surface area (Å²) in [5.41, 5.74) is 5.51. The number of nitrogens with zero attached hydrogens (tertiary/aromatic N) is 1. The second-order valence-electron chi connectivity index (χ2n) is 1.85. The van der Waals surface area contributed by atoms with Gasteiger partial charge in [0, 0.05) is 0 Å². The molecule has 5 heteroatoms. The number of halogens is 2. The van der Waals surface area contributed by atoms with Crippen LogP contribution < -0.4 is 10.5 Å². The number of methoxy groups -OCH3 is 1. The molecule has 11 heavy (non-hydrogen) atoms. The van der Waals surface area contributed by atoms with E-state index in [1.807, 2.05) is 0 Å². The van der Waals surface area contributed by atoms with E-state index in [-0.39, 0.29) is 0 Å². The molecular weight excluding hydrogens is 276 g/mol. The SMILES string of the molecule is COc1nc(N)c(Br)cc1Br. The maximum absolute atomic E-state index is 5.51. The largest absolute Gasteiger partial charge is 0.480 e. The van der Waals surface area contributed by atoms with Crippen molar-refractivity contribution in [1.29, 1.82) is 0 Å². The Morgan fingerprint density at radius 2 is 2.09 bits per heavy atom. The number of ether oxygens (including phenoxy) is 1. The molecule has 1 aromatic rings. The monoisotopic (exact) mass is 280 g/mol. The number of hydrogen-bond acceptors (Lipinski definition) is 3. The van der Waals surface area contributed by atoms with Gasteiger partial charge in [-0.25, -0.2) is 0 Å². The van der Waals surface area contributed by atoms with E-state index in [1.165, 1.54) is 0 Å². The Bertz CT molecular complexity index is 278. The lowest BCUT2D eigenvalue weighted by molar-refractivity contribution is 0.395. The third-order valence-electron chi connectivity index (χ3n) is 1.12. The molecule has 0 saturated carbocycles. The van der Waals surface area contributed by atoms with Crippen molar-refractivity contribution in [1.82, 2.24) is 4.98 Å². The summed E-state index contributed by atoms with van der Waals surface area (Å²) in [6.07, 6.45) is 0. The van der Waals surface area contributed by atoms with Crippen LogP contribution in [0, 0.1) is 0 Å². The third kappa shape index (κ3) is 1.84.